The largest absolute Gasteiger partial charge is 0.379 e. The molecule has 4 rings (SSSR count). The molecular formula is C20H23F3N6O3. The van der Waals surface area contributed by atoms with Gasteiger partial charge in [0.05, 0.1) is 11.7 Å². The van der Waals surface area contributed by atoms with Crippen LogP contribution in [-0.2, 0) is 7.05 Å². The second-order valence-corrected chi connectivity index (χ2v) is 7.22. The Morgan fingerprint density at radius 1 is 1.25 bits per heavy atom. The van der Waals surface area contributed by atoms with Crippen LogP contribution in [0.3, 0.4) is 0 Å². The van der Waals surface area contributed by atoms with Crippen molar-refractivity contribution in [1.82, 2.24) is 14.9 Å². The zero-order chi connectivity index (χ0) is 23.4. The van der Waals surface area contributed by atoms with Crippen LogP contribution in [0.5, 0.6) is 0 Å². The van der Waals surface area contributed by atoms with Gasteiger partial charge < -0.3 is 20.1 Å². The fraction of sp³-hybridized carbons (Fsp3) is 0.400. The topological polar surface area (TPSA) is 99.6 Å². The van der Waals surface area contributed by atoms with Gasteiger partial charge >= 0.3 is 12.7 Å². The van der Waals surface area contributed by atoms with E-state index in [0.717, 1.165) is 18.7 Å². The van der Waals surface area contributed by atoms with Gasteiger partial charge in [0.25, 0.3) is 5.91 Å². The Hall–Kier alpha value is -3.57. The number of urea groups is 1. The van der Waals surface area contributed by atoms with Crippen molar-refractivity contribution in [1.29, 1.82) is 0 Å². The molecular weight excluding hydrogens is 429 g/mol. The van der Waals surface area contributed by atoms with E-state index in [4.69, 9.17) is 0 Å². The second kappa shape index (κ2) is 9.71. The Morgan fingerprint density at radius 2 is 1.97 bits per heavy atom. The van der Waals surface area contributed by atoms with E-state index < -0.39 is 12.7 Å². The van der Waals surface area contributed by atoms with Crippen LogP contribution in [0.25, 0.3) is 0 Å². The molecule has 1 unspecified atom stereocenters. The first-order valence-corrected chi connectivity index (χ1v) is 9.94. The molecule has 1 saturated heterocycles. The highest BCUT2D eigenvalue weighted by Gasteiger charge is 2.40. The number of alkyl halides is 3. The first-order chi connectivity index (χ1) is 15.2. The standard InChI is InChI=1S/C19H22N6O3.CHF3/c1-3-20-18(27)13-4-5-15-17(21-13)25(12-6-9-24(15)10-12)19(28)22-14-11-23(2)8-7-16(14)26;2-1(3)4/h4-5,7-8,11-12H,3,6,9-10H2,1-2H3,(H,20,27)(H,22,28);1H. The van der Waals surface area contributed by atoms with Gasteiger partial charge in [-0.05, 0) is 25.5 Å². The van der Waals surface area contributed by atoms with Crippen molar-refractivity contribution < 1.29 is 22.8 Å². The minimum atomic E-state index is -3.67. The molecule has 2 aliphatic heterocycles. The van der Waals surface area contributed by atoms with E-state index in [0.29, 0.717) is 18.9 Å². The number of anilines is 3. The van der Waals surface area contributed by atoms with Crippen molar-refractivity contribution in [3.8, 4) is 0 Å². The van der Waals surface area contributed by atoms with Gasteiger partial charge in [-0.1, -0.05) is 0 Å². The van der Waals surface area contributed by atoms with Gasteiger partial charge in [-0.2, -0.15) is 13.2 Å². The molecule has 0 spiro atoms. The van der Waals surface area contributed by atoms with Crippen LogP contribution < -0.4 is 25.9 Å². The maximum absolute atomic E-state index is 13.1. The number of hydrogen-bond donors (Lipinski definition) is 2. The molecule has 12 heteroatoms. The Bertz CT molecular complexity index is 1060. The monoisotopic (exact) mass is 452 g/mol. The number of fused-ring (bicyclic) bond motifs is 4. The zero-order valence-electron chi connectivity index (χ0n) is 17.5. The Balaban J connectivity index is 0.000000668. The van der Waals surface area contributed by atoms with Crippen LogP contribution in [0.4, 0.5) is 35.2 Å². The van der Waals surface area contributed by atoms with Gasteiger partial charge in [0.15, 0.2) is 5.82 Å². The maximum atomic E-state index is 13.1. The molecule has 172 valence electrons. The SMILES string of the molecule is CCNC(=O)c1ccc2c(n1)N(C(=O)Nc1cn(C)ccc1=O)C1CCN2C1.FC(F)F. The average Bonchev–Trinajstić information content (AvgIpc) is 3.14. The van der Waals surface area contributed by atoms with Crippen LogP contribution in [0.15, 0.2) is 35.4 Å². The molecule has 32 heavy (non-hydrogen) atoms. The molecule has 3 amide bonds. The average molecular weight is 452 g/mol. The van der Waals surface area contributed by atoms with Gasteiger partial charge in [0.1, 0.15) is 11.4 Å². The fourth-order valence-electron chi connectivity index (χ4n) is 3.70. The molecule has 2 aromatic heterocycles. The summed E-state index contributed by atoms with van der Waals surface area (Å²) in [5, 5.41) is 5.44. The Morgan fingerprint density at radius 3 is 2.66 bits per heavy atom. The molecule has 2 aromatic rings. The second-order valence-electron chi connectivity index (χ2n) is 7.22. The number of halogens is 3. The third-order valence-corrected chi connectivity index (χ3v) is 5.04. The van der Waals surface area contributed by atoms with E-state index in [1.165, 1.54) is 6.07 Å². The van der Waals surface area contributed by atoms with Gasteiger partial charge in [0.2, 0.25) is 5.43 Å². The van der Waals surface area contributed by atoms with E-state index in [2.05, 4.69) is 20.5 Å². The van der Waals surface area contributed by atoms with Crippen molar-refractivity contribution >= 4 is 29.1 Å². The molecule has 0 aromatic carbocycles. The van der Waals surface area contributed by atoms with Crippen molar-refractivity contribution in [3.05, 3.63) is 46.5 Å². The van der Waals surface area contributed by atoms with E-state index >= 15 is 0 Å². The summed E-state index contributed by atoms with van der Waals surface area (Å²) < 4.78 is 30.7. The van der Waals surface area contributed by atoms with Crippen LogP contribution in [0.2, 0.25) is 0 Å². The minimum absolute atomic E-state index is 0.0583. The quantitative estimate of drug-likeness (QED) is 0.745. The highest BCUT2D eigenvalue weighted by molar-refractivity contribution is 6.05. The highest BCUT2D eigenvalue weighted by Crippen LogP contribution is 2.39. The molecule has 0 radical (unpaired) electrons. The number of nitrogens with one attached hydrogen (secondary N) is 2. The number of carbonyl (C=O) groups excluding carboxylic acids is 2. The molecule has 0 saturated carbocycles. The molecule has 0 aliphatic carbocycles. The molecule has 9 nitrogen and oxygen atoms in total. The van der Waals surface area contributed by atoms with Crippen LogP contribution in [0.1, 0.15) is 23.8 Å². The smallest absolute Gasteiger partial charge is 0.366 e. The maximum Gasteiger partial charge on any atom is 0.379 e. The molecule has 2 N–H and O–H groups in total. The summed E-state index contributed by atoms with van der Waals surface area (Å²) in [6.07, 6.45) is 4.00. The van der Waals surface area contributed by atoms with Gasteiger partial charge in [-0.25, -0.2) is 9.78 Å². The summed E-state index contributed by atoms with van der Waals surface area (Å²) in [6, 6.07) is 4.43. The van der Waals surface area contributed by atoms with E-state index in [9.17, 15) is 27.6 Å². The third-order valence-electron chi connectivity index (χ3n) is 5.04. The van der Waals surface area contributed by atoms with Crippen molar-refractivity contribution in [2.45, 2.75) is 26.1 Å². The summed E-state index contributed by atoms with van der Waals surface area (Å²) in [4.78, 5) is 45.6. The van der Waals surface area contributed by atoms with Crippen LogP contribution >= 0.6 is 0 Å². The van der Waals surface area contributed by atoms with Gasteiger partial charge in [-0.3, -0.25) is 14.5 Å². The summed E-state index contributed by atoms with van der Waals surface area (Å²) >= 11 is 0. The number of rotatable bonds is 3. The summed E-state index contributed by atoms with van der Waals surface area (Å²) in [7, 11) is 1.78. The molecule has 2 aliphatic rings. The number of pyridine rings is 2. The van der Waals surface area contributed by atoms with E-state index in [1.54, 1.807) is 35.0 Å². The lowest BCUT2D eigenvalue weighted by Gasteiger charge is -2.35. The van der Waals surface area contributed by atoms with Gasteiger partial charge in [0, 0.05) is 45.1 Å². The Labute approximate surface area is 181 Å². The molecule has 1 atom stereocenters. The number of nitrogens with zero attached hydrogens (tertiary/aromatic N) is 4. The Kier molecular flexibility index (Phi) is 7.01. The lowest BCUT2D eigenvalue weighted by molar-refractivity contribution is 0.00818. The van der Waals surface area contributed by atoms with Crippen molar-refractivity contribution in [3.63, 3.8) is 0 Å². The minimum Gasteiger partial charge on any atom is -0.366 e. The summed E-state index contributed by atoms with van der Waals surface area (Å²) in [6.45, 7) is 0.183. The number of carbonyl (C=O) groups is 2. The lowest BCUT2D eigenvalue weighted by Crippen LogP contribution is -2.49. The predicted octanol–water partition coefficient (Wildman–Crippen LogP) is 2.34. The number of aromatic nitrogens is 2. The molecule has 2 bridgehead atoms. The fourth-order valence-corrected chi connectivity index (χ4v) is 3.70. The normalized spacial score (nSPS) is 16.2. The van der Waals surface area contributed by atoms with Gasteiger partial charge in [-0.15, -0.1) is 0 Å². The molecule has 1 fully saturated rings. The summed E-state index contributed by atoms with van der Waals surface area (Å²) in [5.74, 6) is 0.165. The summed E-state index contributed by atoms with van der Waals surface area (Å²) in [5.41, 5.74) is 1.02. The highest BCUT2D eigenvalue weighted by atomic mass is 19.4. The van der Waals surface area contributed by atoms with Crippen molar-refractivity contribution in [2.24, 2.45) is 7.05 Å². The van der Waals surface area contributed by atoms with Crippen LogP contribution in [-0.4, -0.2) is 53.8 Å². The number of amides is 3. The first kappa shape index (κ1) is 23.1. The zero-order valence-corrected chi connectivity index (χ0v) is 17.5. The predicted molar refractivity (Wildman–Crippen MR) is 113 cm³/mol. The van der Waals surface area contributed by atoms with Crippen LogP contribution in [0, 0.1) is 0 Å². The lowest BCUT2D eigenvalue weighted by atomic mass is 10.1. The first-order valence-electron chi connectivity index (χ1n) is 9.94. The van der Waals surface area contributed by atoms with Crippen molar-refractivity contribution in [2.75, 3.05) is 34.8 Å². The van der Waals surface area contributed by atoms with E-state index in [-0.39, 0.29) is 28.8 Å². The number of aryl methyl sites for hydroxylation is 1. The molecule has 4 heterocycles. The van der Waals surface area contributed by atoms with E-state index in [1.807, 2.05) is 13.0 Å². The number of hydrogen-bond acceptors (Lipinski definition) is 5. The third kappa shape index (κ3) is 5.01.